The van der Waals surface area contributed by atoms with Gasteiger partial charge in [-0.25, -0.2) is 4.79 Å². The van der Waals surface area contributed by atoms with Crippen molar-refractivity contribution in [2.75, 3.05) is 12.4 Å². The number of aliphatic hydroxyl groups is 3. The minimum absolute atomic E-state index is 0.290. The Balaban J connectivity index is 2.04. The molecule has 1 fully saturated rings. The van der Waals surface area contributed by atoms with E-state index in [0.29, 0.717) is 0 Å². The molecule has 2 rings (SSSR count). The monoisotopic (exact) mass is 297 g/mol. The number of esters is 1. The highest BCUT2D eigenvalue weighted by atomic mass is 16.7. The third-order valence-corrected chi connectivity index (χ3v) is 3.44. The Morgan fingerprint density at radius 1 is 1.14 bits per heavy atom. The van der Waals surface area contributed by atoms with Gasteiger partial charge in [-0.2, -0.15) is 0 Å². The molecule has 0 saturated carbocycles. The van der Waals surface area contributed by atoms with Crippen molar-refractivity contribution < 1.29 is 29.6 Å². The van der Waals surface area contributed by atoms with Crippen LogP contribution in [0.5, 0.6) is 0 Å². The fourth-order valence-corrected chi connectivity index (χ4v) is 2.06. The number of carbonyl (C=O) groups excluding carboxylic acids is 1. The molecule has 0 bridgehead atoms. The van der Waals surface area contributed by atoms with Gasteiger partial charge in [0.1, 0.15) is 18.3 Å². The van der Waals surface area contributed by atoms with E-state index in [1.165, 1.54) is 6.92 Å². The van der Waals surface area contributed by atoms with Gasteiger partial charge in [-0.3, -0.25) is 0 Å². The standard InChI is InChI=1S/C14H19NO6/c1-7-10(16)11(17)12(18)14(20-7)21-13(19)8-3-5-9(15-2)6-4-8/h3-7,10-12,14-18H,1-2H3/t7-,10-,11+,12+,14?/m0/s1. The van der Waals surface area contributed by atoms with Gasteiger partial charge in [0.05, 0.1) is 11.7 Å². The van der Waals surface area contributed by atoms with Crippen LogP contribution >= 0.6 is 0 Å². The molecule has 1 saturated heterocycles. The second kappa shape index (κ2) is 6.40. The lowest BCUT2D eigenvalue weighted by Crippen LogP contribution is -2.57. The maximum absolute atomic E-state index is 12.0. The van der Waals surface area contributed by atoms with E-state index in [-0.39, 0.29) is 5.56 Å². The molecule has 1 aliphatic rings. The number of anilines is 1. The van der Waals surface area contributed by atoms with Gasteiger partial charge in [0.15, 0.2) is 0 Å². The summed E-state index contributed by atoms with van der Waals surface area (Å²) in [6.45, 7) is 1.52. The fourth-order valence-electron chi connectivity index (χ4n) is 2.06. The predicted molar refractivity (Wildman–Crippen MR) is 73.8 cm³/mol. The zero-order valence-electron chi connectivity index (χ0n) is 11.8. The molecule has 0 aromatic heterocycles. The van der Waals surface area contributed by atoms with Crippen LogP contribution in [-0.4, -0.2) is 59.0 Å². The molecule has 116 valence electrons. The van der Waals surface area contributed by atoms with Crippen LogP contribution in [0.15, 0.2) is 24.3 Å². The highest BCUT2D eigenvalue weighted by Crippen LogP contribution is 2.22. The third kappa shape index (κ3) is 3.33. The smallest absolute Gasteiger partial charge is 0.340 e. The Hall–Kier alpha value is -1.67. The molecule has 21 heavy (non-hydrogen) atoms. The zero-order valence-corrected chi connectivity index (χ0v) is 11.8. The number of hydrogen-bond acceptors (Lipinski definition) is 7. The summed E-state index contributed by atoms with van der Waals surface area (Å²) in [6, 6.07) is 6.54. The molecular weight excluding hydrogens is 278 g/mol. The van der Waals surface area contributed by atoms with E-state index in [4.69, 9.17) is 9.47 Å². The van der Waals surface area contributed by atoms with Crippen molar-refractivity contribution in [3.8, 4) is 0 Å². The Kier molecular flexibility index (Phi) is 4.79. The third-order valence-electron chi connectivity index (χ3n) is 3.44. The topological polar surface area (TPSA) is 108 Å². The highest BCUT2D eigenvalue weighted by molar-refractivity contribution is 5.89. The number of nitrogens with one attached hydrogen (secondary N) is 1. The van der Waals surface area contributed by atoms with Gasteiger partial charge in [-0.1, -0.05) is 0 Å². The number of ether oxygens (including phenoxy) is 2. The van der Waals surface area contributed by atoms with E-state index in [2.05, 4.69) is 5.32 Å². The highest BCUT2D eigenvalue weighted by Gasteiger charge is 2.43. The molecule has 1 unspecified atom stereocenters. The summed E-state index contributed by atoms with van der Waals surface area (Å²) in [7, 11) is 1.76. The van der Waals surface area contributed by atoms with Gasteiger partial charge in [-0.15, -0.1) is 0 Å². The minimum Gasteiger partial charge on any atom is -0.429 e. The van der Waals surface area contributed by atoms with Gasteiger partial charge in [0, 0.05) is 12.7 Å². The summed E-state index contributed by atoms with van der Waals surface area (Å²) in [6.07, 6.45) is -6.25. The van der Waals surface area contributed by atoms with Crippen LogP contribution in [0.25, 0.3) is 0 Å². The molecule has 0 amide bonds. The van der Waals surface area contributed by atoms with Crippen molar-refractivity contribution in [2.24, 2.45) is 0 Å². The Morgan fingerprint density at radius 3 is 2.33 bits per heavy atom. The Morgan fingerprint density at radius 2 is 1.76 bits per heavy atom. The van der Waals surface area contributed by atoms with Crippen molar-refractivity contribution in [3.05, 3.63) is 29.8 Å². The van der Waals surface area contributed by atoms with Crippen LogP contribution in [0.4, 0.5) is 5.69 Å². The van der Waals surface area contributed by atoms with Crippen LogP contribution in [0.1, 0.15) is 17.3 Å². The van der Waals surface area contributed by atoms with E-state index >= 15 is 0 Å². The average Bonchev–Trinajstić information content (AvgIpc) is 2.50. The lowest BCUT2D eigenvalue weighted by molar-refractivity contribution is -0.276. The van der Waals surface area contributed by atoms with Gasteiger partial charge in [0.25, 0.3) is 0 Å². The van der Waals surface area contributed by atoms with Crippen molar-refractivity contribution in [1.29, 1.82) is 0 Å². The van der Waals surface area contributed by atoms with E-state index < -0.39 is 36.7 Å². The summed E-state index contributed by atoms with van der Waals surface area (Å²) in [5, 5.41) is 31.9. The van der Waals surface area contributed by atoms with E-state index in [1.807, 2.05) is 0 Å². The molecule has 1 aromatic carbocycles. The summed E-state index contributed by atoms with van der Waals surface area (Å²) in [4.78, 5) is 12.0. The zero-order chi connectivity index (χ0) is 15.6. The Labute approximate surface area is 122 Å². The summed E-state index contributed by atoms with van der Waals surface area (Å²) in [5.41, 5.74) is 1.13. The van der Waals surface area contributed by atoms with E-state index in [9.17, 15) is 20.1 Å². The second-order valence-electron chi connectivity index (χ2n) is 4.91. The molecule has 1 heterocycles. The van der Waals surface area contributed by atoms with Crippen molar-refractivity contribution >= 4 is 11.7 Å². The fraction of sp³-hybridized carbons (Fsp3) is 0.500. The van der Waals surface area contributed by atoms with E-state index in [1.54, 1.807) is 31.3 Å². The minimum atomic E-state index is -1.50. The molecule has 0 spiro atoms. The van der Waals surface area contributed by atoms with Gasteiger partial charge < -0.3 is 30.1 Å². The first kappa shape index (κ1) is 15.7. The normalized spacial score (nSPS) is 32.5. The molecular formula is C14H19NO6. The first-order valence-corrected chi connectivity index (χ1v) is 6.62. The average molecular weight is 297 g/mol. The van der Waals surface area contributed by atoms with Crippen LogP contribution in [0.3, 0.4) is 0 Å². The van der Waals surface area contributed by atoms with Crippen molar-refractivity contribution in [1.82, 2.24) is 0 Å². The first-order chi connectivity index (χ1) is 9.93. The first-order valence-electron chi connectivity index (χ1n) is 6.62. The number of hydrogen-bond donors (Lipinski definition) is 4. The van der Waals surface area contributed by atoms with E-state index in [0.717, 1.165) is 5.69 Å². The van der Waals surface area contributed by atoms with Crippen LogP contribution in [0, 0.1) is 0 Å². The van der Waals surface area contributed by atoms with Gasteiger partial charge >= 0.3 is 5.97 Å². The quantitative estimate of drug-likeness (QED) is 0.568. The molecule has 0 aliphatic carbocycles. The number of aliphatic hydroxyl groups excluding tert-OH is 3. The Bertz CT molecular complexity index is 491. The lowest BCUT2D eigenvalue weighted by Gasteiger charge is -2.38. The molecule has 5 atom stereocenters. The van der Waals surface area contributed by atoms with Gasteiger partial charge in [-0.05, 0) is 31.2 Å². The summed E-state index contributed by atoms with van der Waals surface area (Å²) in [5.74, 6) is -0.683. The summed E-state index contributed by atoms with van der Waals surface area (Å²) < 4.78 is 10.3. The molecule has 1 aromatic rings. The van der Waals surface area contributed by atoms with Gasteiger partial charge in [0.2, 0.25) is 6.29 Å². The van der Waals surface area contributed by atoms with Crippen LogP contribution in [-0.2, 0) is 9.47 Å². The number of benzene rings is 1. The largest absolute Gasteiger partial charge is 0.429 e. The molecule has 0 radical (unpaired) electrons. The summed E-state index contributed by atoms with van der Waals surface area (Å²) >= 11 is 0. The maximum atomic E-state index is 12.0. The number of rotatable bonds is 3. The maximum Gasteiger partial charge on any atom is 0.340 e. The molecule has 1 aliphatic heterocycles. The predicted octanol–water partition coefficient (Wildman–Crippen LogP) is -0.287. The van der Waals surface area contributed by atoms with Crippen LogP contribution in [0.2, 0.25) is 0 Å². The number of carbonyl (C=O) groups is 1. The molecule has 7 nitrogen and oxygen atoms in total. The van der Waals surface area contributed by atoms with Crippen molar-refractivity contribution in [3.63, 3.8) is 0 Å². The molecule has 7 heteroatoms. The molecule has 4 N–H and O–H groups in total. The second-order valence-corrected chi connectivity index (χ2v) is 4.91. The lowest BCUT2D eigenvalue weighted by atomic mass is 10.00. The van der Waals surface area contributed by atoms with Crippen LogP contribution < -0.4 is 5.32 Å². The SMILES string of the molecule is CNc1ccc(C(=O)OC2O[C@@H](C)[C@H](O)[C@@H](O)[C@H]2O)cc1. The van der Waals surface area contributed by atoms with Crippen molar-refractivity contribution in [2.45, 2.75) is 37.6 Å².